The Kier molecular flexibility index (Phi) is 6.66. The number of ether oxygens (including phenoxy) is 1. The Hall–Kier alpha value is -3.87. The number of carbonyl (C=O) groups is 1. The van der Waals surface area contributed by atoms with Crippen molar-refractivity contribution >= 4 is 28.9 Å². The summed E-state index contributed by atoms with van der Waals surface area (Å²) in [6.45, 7) is 3.53. The van der Waals surface area contributed by atoms with Crippen molar-refractivity contribution in [1.29, 1.82) is 5.26 Å². The highest BCUT2D eigenvalue weighted by atomic mass is 32.2. The molecule has 0 radical (unpaired) electrons. The number of hydrogen-bond donors (Lipinski definition) is 1. The number of benzene rings is 2. The lowest BCUT2D eigenvalue weighted by Crippen LogP contribution is -2.47. The Bertz CT molecular complexity index is 1280. The first kappa shape index (κ1) is 22.9. The van der Waals surface area contributed by atoms with E-state index in [0.29, 0.717) is 16.8 Å². The zero-order chi connectivity index (χ0) is 24.2. The molecule has 9 heteroatoms. The Balaban J connectivity index is 1.24. The van der Waals surface area contributed by atoms with Crippen LogP contribution in [0.2, 0.25) is 0 Å². The van der Waals surface area contributed by atoms with E-state index in [1.54, 1.807) is 12.3 Å². The van der Waals surface area contributed by atoms with Crippen molar-refractivity contribution in [2.45, 2.75) is 11.5 Å². The SMILES string of the molecule is CN1CCN(C(=O)c2ccc(COc3nccc(C(C#N)=C4Nc5ccccc5S4)n3)cc2)CC1. The number of carbonyl (C=O) groups excluding carboxylic acids is 1. The fourth-order valence-electron chi connectivity index (χ4n) is 3.89. The minimum atomic E-state index is 0.0548. The van der Waals surface area contributed by atoms with Crippen LogP contribution in [-0.4, -0.2) is 58.9 Å². The van der Waals surface area contributed by atoms with E-state index in [2.05, 4.69) is 33.3 Å². The maximum Gasteiger partial charge on any atom is 0.317 e. The number of piperazine rings is 1. The molecule has 2 aliphatic rings. The van der Waals surface area contributed by atoms with E-state index >= 15 is 0 Å². The number of para-hydroxylation sites is 1. The first-order valence-electron chi connectivity index (χ1n) is 11.3. The number of nitriles is 1. The predicted octanol–water partition coefficient (Wildman–Crippen LogP) is 3.85. The van der Waals surface area contributed by atoms with E-state index in [1.165, 1.54) is 11.8 Å². The summed E-state index contributed by atoms with van der Waals surface area (Å²) < 4.78 is 5.80. The topological polar surface area (TPSA) is 94.4 Å². The second-order valence-corrected chi connectivity index (χ2v) is 9.40. The van der Waals surface area contributed by atoms with Crippen molar-refractivity contribution in [3.8, 4) is 12.1 Å². The maximum absolute atomic E-state index is 12.7. The van der Waals surface area contributed by atoms with Gasteiger partial charge in [-0.3, -0.25) is 4.79 Å². The van der Waals surface area contributed by atoms with Gasteiger partial charge < -0.3 is 19.9 Å². The van der Waals surface area contributed by atoms with Crippen LogP contribution in [0.3, 0.4) is 0 Å². The molecule has 2 aliphatic heterocycles. The molecule has 0 unspecified atom stereocenters. The molecule has 1 aromatic heterocycles. The summed E-state index contributed by atoms with van der Waals surface area (Å²) in [5, 5.41) is 13.8. The molecule has 0 saturated carbocycles. The summed E-state index contributed by atoms with van der Waals surface area (Å²) in [5.74, 6) is 0.0548. The van der Waals surface area contributed by atoms with Crippen LogP contribution in [0.15, 0.2) is 70.7 Å². The number of nitrogens with one attached hydrogen (secondary N) is 1. The Morgan fingerprint density at radius 3 is 2.63 bits per heavy atom. The molecular weight excluding hydrogens is 460 g/mol. The van der Waals surface area contributed by atoms with E-state index in [9.17, 15) is 10.1 Å². The number of rotatable bonds is 5. The van der Waals surface area contributed by atoms with Crippen molar-refractivity contribution in [2.75, 3.05) is 38.5 Å². The van der Waals surface area contributed by atoms with Crippen molar-refractivity contribution in [3.63, 3.8) is 0 Å². The summed E-state index contributed by atoms with van der Waals surface area (Å²) >= 11 is 1.51. The van der Waals surface area contributed by atoms with Crippen molar-refractivity contribution in [2.24, 2.45) is 0 Å². The van der Waals surface area contributed by atoms with Crippen LogP contribution in [-0.2, 0) is 6.61 Å². The third-order valence-electron chi connectivity index (χ3n) is 5.94. The number of nitrogens with zero attached hydrogens (tertiary/aromatic N) is 5. The molecule has 1 fully saturated rings. The van der Waals surface area contributed by atoms with Crippen LogP contribution in [0, 0.1) is 11.3 Å². The first-order valence-corrected chi connectivity index (χ1v) is 12.1. The predicted molar refractivity (Wildman–Crippen MR) is 135 cm³/mol. The van der Waals surface area contributed by atoms with Gasteiger partial charge in [-0.15, -0.1) is 0 Å². The van der Waals surface area contributed by atoms with Crippen LogP contribution < -0.4 is 10.1 Å². The number of fused-ring (bicyclic) bond motifs is 1. The second kappa shape index (κ2) is 10.2. The average Bonchev–Trinajstić information content (AvgIpc) is 3.32. The number of thioether (sulfide) groups is 1. The molecule has 0 spiro atoms. The molecule has 1 N–H and O–H groups in total. The monoisotopic (exact) mass is 484 g/mol. The summed E-state index contributed by atoms with van der Waals surface area (Å²) in [5.41, 5.74) is 3.47. The zero-order valence-corrected chi connectivity index (χ0v) is 20.1. The lowest BCUT2D eigenvalue weighted by Gasteiger charge is -2.32. The van der Waals surface area contributed by atoms with Gasteiger partial charge in [0.15, 0.2) is 0 Å². The third-order valence-corrected chi connectivity index (χ3v) is 7.02. The van der Waals surface area contributed by atoms with Gasteiger partial charge in [0, 0.05) is 42.8 Å². The standard InChI is InChI=1S/C26H24N6O2S/c1-31-12-14-32(15-13-31)25(33)19-8-6-18(7-9-19)17-34-26-28-11-10-21(30-26)20(16-27)24-29-22-4-2-3-5-23(22)35-24/h2-11,29H,12-15,17H2,1H3. The van der Waals surface area contributed by atoms with Gasteiger partial charge in [0.2, 0.25) is 0 Å². The largest absolute Gasteiger partial charge is 0.459 e. The molecule has 3 heterocycles. The van der Waals surface area contributed by atoms with Gasteiger partial charge in [-0.25, -0.2) is 4.98 Å². The van der Waals surface area contributed by atoms with Gasteiger partial charge in [0.05, 0.1) is 16.4 Å². The van der Waals surface area contributed by atoms with Gasteiger partial charge in [0.25, 0.3) is 5.91 Å². The van der Waals surface area contributed by atoms with Crippen LogP contribution in [0.1, 0.15) is 21.6 Å². The van der Waals surface area contributed by atoms with Gasteiger partial charge in [-0.2, -0.15) is 10.2 Å². The smallest absolute Gasteiger partial charge is 0.317 e. The minimum absolute atomic E-state index is 0.0548. The first-order chi connectivity index (χ1) is 17.1. The van der Waals surface area contributed by atoms with Crippen molar-refractivity contribution in [3.05, 3.63) is 82.6 Å². The fourth-order valence-corrected chi connectivity index (χ4v) is 4.90. The highest BCUT2D eigenvalue weighted by Gasteiger charge is 2.22. The van der Waals surface area contributed by atoms with Gasteiger partial charge in [0.1, 0.15) is 18.2 Å². The molecular formula is C26H24N6O2S. The lowest BCUT2D eigenvalue weighted by molar-refractivity contribution is 0.0664. The second-order valence-electron chi connectivity index (χ2n) is 8.34. The van der Waals surface area contributed by atoms with Crippen molar-refractivity contribution < 1.29 is 9.53 Å². The molecule has 0 atom stereocenters. The number of likely N-dealkylation sites (N-methyl/N-ethyl adjacent to an activating group) is 1. The van der Waals surface area contributed by atoms with Gasteiger partial charge in [-0.1, -0.05) is 36.0 Å². The van der Waals surface area contributed by atoms with E-state index in [-0.39, 0.29) is 18.5 Å². The van der Waals surface area contributed by atoms with E-state index in [4.69, 9.17) is 4.74 Å². The molecule has 3 aromatic rings. The molecule has 1 amide bonds. The molecule has 176 valence electrons. The van der Waals surface area contributed by atoms with Crippen LogP contribution >= 0.6 is 11.8 Å². The van der Waals surface area contributed by atoms with Gasteiger partial charge >= 0.3 is 6.01 Å². The lowest BCUT2D eigenvalue weighted by atomic mass is 10.1. The Morgan fingerprint density at radius 2 is 1.89 bits per heavy atom. The number of amides is 1. The minimum Gasteiger partial charge on any atom is -0.459 e. The molecule has 35 heavy (non-hydrogen) atoms. The molecule has 2 aromatic carbocycles. The number of allylic oxidation sites excluding steroid dienone is 1. The van der Waals surface area contributed by atoms with Crippen LogP contribution in [0.5, 0.6) is 6.01 Å². The molecule has 5 rings (SSSR count). The van der Waals surface area contributed by atoms with Crippen LogP contribution in [0.25, 0.3) is 5.57 Å². The highest BCUT2D eigenvalue weighted by Crippen LogP contribution is 2.43. The molecule has 0 bridgehead atoms. The summed E-state index contributed by atoms with van der Waals surface area (Å²) in [7, 11) is 2.07. The highest BCUT2D eigenvalue weighted by molar-refractivity contribution is 8.04. The van der Waals surface area contributed by atoms with E-state index < -0.39 is 0 Å². The summed E-state index contributed by atoms with van der Waals surface area (Å²) in [6.07, 6.45) is 1.58. The number of aromatic nitrogens is 2. The number of anilines is 1. The normalized spacial score (nSPS) is 16.7. The van der Waals surface area contributed by atoms with E-state index in [0.717, 1.165) is 47.4 Å². The van der Waals surface area contributed by atoms with Crippen LogP contribution in [0.4, 0.5) is 5.69 Å². The Labute approximate surface area is 208 Å². The number of hydrogen-bond acceptors (Lipinski definition) is 8. The van der Waals surface area contributed by atoms with Crippen molar-refractivity contribution in [1.82, 2.24) is 19.8 Å². The fraction of sp³-hybridized carbons (Fsp3) is 0.231. The quantitative estimate of drug-likeness (QED) is 0.546. The Morgan fingerprint density at radius 1 is 1.11 bits per heavy atom. The third kappa shape index (κ3) is 5.14. The summed E-state index contributed by atoms with van der Waals surface area (Å²) in [6, 6.07) is 19.5. The van der Waals surface area contributed by atoms with Gasteiger partial charge in [-0.05, 0) is 42.9 Å². The zero-order valence-electron chi connectivity index (χ0n) is 19.3. The summed E-state index contributed by atoms with van der Waals surface area (Å²) in [4.78, 5) is 26.5. The average molecular weight is 485 g/mol. The molecule has 0 aliphatic carbocycles. The molecule has 1 saturated heterocycles. The molecule has 8 nitrogen and oxygen atoms in total. The maximum atomic E-state index is 12.7. The van der Waals surface area contributed by atoms with E-state index in [1.807, 2.05) is 53.4 Å².